The van der Waals surface area contributed by atoms with E-state index in [0.29, 0.717) is 0 Å². The summed E-state index contributed by atoms with van der Waals surface area (Å²) in [7, 11) is 1.18. The summed E-state index contributed by atoms with van der Waals surface area (Å²) in [4.78, 5) is 11.2. The Labute approximate surface area is 132 Å². The molecule has 1 rings (SSSR count). The minimum atomic E-state index is -1.70. The number of methoxy groups -OCH3 is 1. The summed E-state index contributed by atoms with van der Waals surface area (Å²) in [5.41, 5.74) is 0. The summed E-state index contributed by atoms with van der Waals surface area (Å²) in [6.45, 7) is 0.632. The number of hydrogen-bond acceptors (Lipinski definition) is 10. The van der Waals surface area contributed by atoms with Crippen molar-refractivity contribution in [3.8, 4) is 0 Å². The van der Waals surface area contributed by atoms with Gasteiger partial charge in [0.05, 0.1) is 12.7 Å². The number of aldehydes is 1. The molecule has 1 aliphatic heterocycles. The molecule has 9 atom stereocenters. The number of aliphatic hydroxyl groups excluding tert-OH is 6. The van der Waals surface area contributed by atoms with Gasteiger partial charge in [-0.2, -0.15) is 0 Å². The van der Waals surface area contributed by atoms with E-state index in [-0.39, 0.29) is 6.29 Å². The lowest BCUT2D eigenvalue weighted by atomic mass is 9.99. The highest BCUT2D eigenvalue weighted by Gasteiger charge is 2.46. The molecule has 0 saturated carbocycles. The number of ether oxygens (including phenoxy) is 3. The minimum Gasteiger partial charge on any atom is -0.394 e. The quantitative estimate of drug-likeness (QED) is 0.241. The van der Waals surface area contributed by atoms with E-state index >= 15 is 0 Å². The van der Waals surface area contributed by atoms with Gasteiger partial charge in [-0.15, -0.1) is 0 Å². The summed E-state index contributed by atoms with van der Waals surface area (Å²) in [5, 5.41) is 57.5. The zero-order valence-electron chi connectivity index (χ0n) is 12.8. The monoisotopic (exact) mass is 340 g/mol. The van der Waals surface area contributed by atoms with E-state index in [1.54, 1.807) is 0 Å². The Balaban J connectivity index is 2.86. The van der Waals surface area contributed by atoms with Gasteiger partial charge in [0.25, 0.3) is 0 Å². The summed E-state index contributed by atoms with van der Waals surface area (Å²) >= 11 is 0. The molecule has 1 saturated heterocycles. The van der Waals surface area contributed by atoms with Crippen LogP contribution in [0.3, 0.4) is 0 Å². The Bertz CT molecular complexity index is 363. The van der Waals surface area contributed by atoms with Crippen LogP contribution < -0.4 is 0 Å². The van der Waals surface area contributed by atoms with E-state index in [2.05, 4.69) is 0 Å². The average molecular weight is 340 g/mol. The van der Waals surface area contributed by atoms with Crippen molar-refractivity contribution < 1.29 is 49.6 Å². The van der Waals surface area contributed by atoms with Crippen LogP contribution >= 0.6 is 0 Å². The molecule has 0 aromatic carbocycles. The van der Waals surface area contributed by atoms with Crippen LogP contribution in [0.5, 0.6) is 0 Å². The molecule has 0 bridgehead atoms. The van der Waals surface area contributed by atoms with Crippen LogP contribution in [0, 0.1) is 0 Å². The van der Waals surface area contributed by atoms with Crippen molar-refractivity contribution in [1.29, 1.82) is 0 Å². The Morgan fingerprint density at radius 2 is 1.78 bits per heavy atom. The molecule has 0 amide bonds. The molecular formula is C13H24O10. The fraction of sp³-hybridized carbons (Fsp3) is 0.923. The molecule has 1 heterocycles. The summed E-state index contributed by atoms with van der Waals surface area (Å²) < 4.78 is 15.3. The van der Waals surface area contributed by atoms with Crippen LogP contribution in [0.2, 0.25) is 0 Å². The highest BCUT2D eigenvalue weighted by Crippen LogP contribution is 2.24. The van der Waals surface area contributed by atoms with E-state index < -0.39 is 61.7 Å². The number of rotatable bonds is 8. The Hall–Kier alpha value is -0.690. The third kappa shape index (κ3) is 4.66. The van der Waals surface area contributed by atoms with Gasteiger partial charge < -0.3 is 49.6 Å². The number of hydrogen-bond donors (Lipinski definition) is 6. The van der Waals surface area contributed by atoms with Gasteiger partial charge in [-0.05, 0) is 6.92 Å². The van der Waals surface area contributed by atoms with Crippen molar-refractivity contribution in [1.82, 2.24) is 0 Å². The van der Waals surface area contributed by atoms with E-state index in [0.717, 1.165) is 0 Å². The second-order valence-corrected chi connectivity index (χ2v) is 5.37. The molecule has 136 valence electrons. The van der Waals surface area contributed by atoms with E-state index in [9.17, 15) is 30.3 Å². The van der Waals surface area contributed by atoms with E-state index in [1.165, 1.54) is 14.0 Å². The van der Waals surface area contributed by atoms with Crippen molar-refractivity contribution in [2.24, 2.45) is 0 Å². The first kappa shape index (κ1) is 20.4. The van der Waals surface area contributed by atoms with Crippen LogP contribution in [0.1, 0.15) is 6.92 Å². The number of carbonyl (C=O) groups is 1. The molecule has 6 N–H and O–H groups in total. The maximum absolute atomic E-state index is 11.2. The third-order valence-corrected chi connectivity index (χ3v) is 3.70. The zero-order valence-corrected chi connectivity index (χ0v) is 12.8. The number of carbonyl (C=O) groups excluding carboxylic acids is 1. The zero-order chi connectivity index (χ0) is 17.7. The van der Waals surface area contributed by atoms with Gasteiger partial charge in [0, 0.05) is 7.11 Å². The van der Waals surface area contributed by atoms with Crippen LogP contribution in [0.15, 0.2) is 0 Å². The first-order valence-corrected chi connectivity index (χ1v) is 7.08. The van der Waals surface area contributed by atoms with Crippen LogP contribution in [-0.4, -0.2) is 106 Å². The molecular weight excluding hydrogens is 316 g/mol. The standard InChI is InChI=1S/C13H24O10/c1-5(16)8(17)12(21-2)7(4-15)23-13-11(20)10(19)9(18)6(3-14)22-13/h4-14,16-20H,3H2,1-2H3. The highest BCUT2D eigenvalue weighted by atomic mass is 16.7. The molecule has 10 heteroatoms. The van der Waals surface area contributed by atoms with Crippen molar-refractivity contribution in [3.63, 3.8) is 0 Å². The van der Waals surface area contributed by atoms with Crippen molar-refractivity contribution in [2.75, 3.05) is 13.7 Å². The maximum atomic E-state index is 11.2. The molecule has 1 aliphatic rings. The fourth-order valence-electron chi connectivity index (χ4n) is 2.26. The first-order chi connectivity index (χ1) is 10.8. The van der Waals surface area contributed by atoms with Gasteiger partial charge in [-0.1, -0.05) is 0 Å². The van der Waals surface area contributed by atoms with E-state index in [4.69, 9.17) is 19.3 Å². The van der Waals surface area contributed by atoms with Crippen LogP contribution in [-0.2, 0) is 19.0 Å². The summed E-state index contributed by atoms with van der Waals surface area (Å²) in [5.74, 6) is 0. The Kier molecular flexibility index (Phi) is 7.94. The normalized spacial score (nSPS) is 37.0. The fourth-order valence-corrected chi connectivity index (χ4v) is 2.26. The first-order valence-electron chi connectivity index (χ1n) is 7.08. The maximum Gasteiger partial charge on any atom is 0.187 e. The third-order valence-electron chi connectivity index (χ3n) is 3.70. The summed E-state index contributed by atoms with van der Waals surface area (Å²) in [6.07, 6.45) is -12.8. The molecule has 0 aromatic heterocycles. The van der Waals surface area contributed by atoms with E-state index in [1.807, 2.05) is 0 Å². The molecule has 0 aromatic rings. The van der Waals surface area contributed by atoms with Crippen LogP contribution in [0.4, 0.5) is 0 Å². The minimum absolute atomic E-state index is 0.279. The lowest BCUT2D eigenvalue weighted by molar-refractivity contribution is -0.315. The van der Waals surface area contributed by atoms with Crippen molar-refractivity contribution in [3.05, 3.63) is 0 Å². The van der Waals surface area contributed by atoms with Crippen molar-refractivity contribution >= 4 is 6.29 Å². The van der Waals surface area contributed by atoms with Gasteiger partial charge in [0.1, 0.15) is 42.7 Å². The van der Waals surface area contributed by atoms with Gasteiger partial charge in [-0.3, -0.25) is 0 Å². The topological polar surface area (TPSA) is 166 Å². The largest absolute Gasteiger partial charge is 0.394 e. The average Bonchev–Trinajstić information content (AvgIpc) is 2.54. The Morgan fingerprint density at radius 3 is 2.22 bits per heavy atom. The number of aliphatic hydroxyl groups is 6. The molecule has 9 unspecified atom stereocenters. The van der Waals surface area contributed by atoms with Gasteiger partial charge in [-0.25, -0.2) is 0 Å². The molecule has 0 spiro atoms. The van der Waals surface area contributed by atoms with Crippen LogP contribution in [0.25, 0.3) is 0 Å². The Morgan fingerprint density at radius 1 is 1.17 bits per heavy atom. The smallest absolute Gasteiger partial charge is 0.187 e. The molecule has 1 fully saturated rings. The van der Waals surface area contributed by atoms with Gasteiger partial charge >= 0.3 is 0 Å². The SMILES string of the molecule is COC(C(C=O)OC1OC(CO)C(O)C(O)C1O)C(O)C(C)O. The predicted octanol–water partition coefficient (Wildman–Crippen LogP) is -3.87. The van der Waals surface area contributed by atoms with Gasteiger partial charge in [0.15, 0.2) is 12.6 Å². The lowest BCUT2D eigenvalue weighted by Gasteiger charge is -2.41. The molecule has 0 radical (unpaired) electrons. The van der Waals surface area contributed by atoms with Crippen molar-refractivity contribution in [2.45, 2.75) is 62.0 Å². The second-order valence-electron chi connectivity index (χ2n) is 5.37. The second kappa shape index (κ2) is 8.97. The lowest BCUT2D eigenvalue weighted by Crippen LogP contribution is -2.60. The molecule has 0 aliphatic carbocycles. The molecule has 10 nitrogen and oxygen atoms in total. The summed E-state index contributed by atoms with van der Waals surface area (Å²) in [6, 6.07) is 0. The predicted molar refractivity (Wildman–Crippen MR) is 73.2 cm³/mol. The van der Waals surface area contributed by atoms with Gasteiger partial charge in [0.2, 0.25) is 0 Å². The highest BCUT2D eigenvalue weighted by molar-refractivity contribution is 5.57. The molecule has 23 heavy (non-hydrogen) atoms.